The fraction of sp³-hybridized carbons (Fsp3) is 0.188. The van der Waals surface area contributed by atoms with Crippen molar-refractivity contribution in [2.75, 3.05) is 6.54 Å². The van der Waals surface area contributed by atoms with Crippen LogP contribution in [-0.4, -0.2) is 28.1 Å². The fourth-order valence-corrected chi connectivity index (χ4v) is 4.54. The number of ether oxygens (including phenoxy) is 1. The third-order valence-corrected chi connectivity index (χ3v) is 6.55. The molecule has 1 amide bonds. The molecule has 0 bridgehead atoms. The van der Waals surface area contributed by atoms with Crippen LogP contribution in [0.1, 0.15) is 40.9 Å². The third-order valence-electron chi connectivity index (χ3n) is 6.55. The maximum atomic E-state index is 13.3. The van der Waals surface area contributed by atoms with Gasteiger partial charge in [-0.1, -0.05) is 103 Å². The number of aryl methyl sites for hydroxylation is 1. The number of benzene rings is 4. The lowest BCUT2D eigenvalue weighted by atomic mass is 10.1. The van der Waals surface area contributed by atoms with Gasteiger partial charge in [-0.05, 0) is 48.2 Å². The molecule has 37 heavy (non-hydrogen) atoms. The van der Waals surface area contributed by atoms with Crippen LogP contribution in [0.5, 0.6) is 5.75 Å². The van der Waals surface area contributed by atoms with Crippen molar-refractivity contribution >= 4 is 11.6 Å². The molecule has 1 atom stereocenters. The van der Waals surface area contributed by atoms with Crippen LogP contribution in [0.3, 0.4) is 0 Å². The first-order chi connectivity index (χ1) is 18.1. The topological polar surface area (TPSA) is 45.1 Å². The van der Waals surface area contributed by atoms with Gasteiger partial charge < -0.3 is 4.74 Å². The summed E-state index contributed by atoms with van der Waals surface area (Å²) in [5.74, 6) is 0.772. The molecule has 1 aliphatic rings. The molecule has 5 nitrogen and oxygen atoms in total. The van der Waals surface area contributed by atoms with Gasteiger partial charge in [-0.15, -0.1) is 0 Å². The van der Waals surface area contributed by atoms with Crippen LogP contribution in [0, 0.1) is 6.92 Å². The first-order valence-corrected chi connectivity index (χ1v) is 12.6. The van der Waals surface area contributed by atoms with Gasteiger partial charge in [-0.2, -0.15) is 5.10 Å². The number of carbonyl (C=O) groups is 1. The molecule has 0 radical (unpaired) electrons. The van der Waals surface area contributed by atoms with Crippen molar-refractivity contribution in [1.82, 2.24) is 9.91 Å². The highest BCUT2D eigenvalue weighted by Crippen LogP contribution is 2.34. The minimum Gasteiger partial charge on any atom is -0.489 e. The van der Waals surface area contributed by atoms with Crippen LogP contribution in [0.4, 0.5) is 0 Å². The Balaban J connectivity index is 1.42. The van der Waals surface area contributed by atoms with Gasteiger partial charge in [0, 0.05) is 6.54 Å². The van der Waals surface area contributed by atoms with E-state index in [0.29, 0.717) is 19.7 Å². The second kappa shape index (κ2) is 11.2. The summed E-state index contributed by atoms with van der Waals surface area (Å²) >= 11 is 0. The smallest absolute Gasteiger partial charge is 0.258 e. The molecule has 5 rings (SSSR count). The highest BCUT2D eigenvalue weighted by Gasteiger charge is 2.39. The van der Waals surface area contributed by atoms with E-state index in [2.05, 4.69) is 36.1 Å². The summed E-state index contributed by atoms with van der Waals surface area (Å²) in [6.45, 7) is 5.48. The average Bonchev–Trinajstić information content (AvgIpc) is 3.23. The second-order valence-corrected chi connectivity index (χ2v) is 9.40. The Morgan fingerprint density at radius 1 is 0.838 bits per heavy atom. The molecule has 1 fully saturated rings. The minimum atomic E-state index is -0.309. The Kier molecular flexibility index (Phi) is 7.43. The maximum Gasteiger partial charge on any atom is 0.258 e. The monoisotopic (exact) mass is 489 g/mol. The van der Waals surface area contributed by atoms with Crippen LogP contribution < -0.4 is 4.74 Å². The molecule has 1 saturated heterocycles. The van der Waals surface area contributed by atoms with Gasteiger partial charge in [0.2, 0.25) is 0 Å². The number of rotatable bonds is 8. The molecule has 4 aromatic carbocycles. The SMILES string of the molecule is C/C(=N/N1C(=O)CN(Cc2ccccc2)[C@H]1c1ccc(OCc2ccccc2)cc1)c1ccc(C)cc1. The normalized spacial score (nSPS) is 16.3. The van der Waals surface area contributed by atoms with Gasteiger partial charge in [-0.25, -0.2) is 5.01 Å². The summed E-state index contributed by atoms with van der Waals surface area (Å²) in [5.41, 5.74) is 6.27. The number of carbonyl (C=O) groups excluding carboxylic acids is 1. The largest absolute Gasteiger partial charge is 0.489 e. The van der Waals surface area contributed by atoms with E-state index >= 15 is 0 Å². The molecule has 0 unspecified atom stereocenters. The predicted octanol–water partition coefficient (Wildman–Crippen LogP) is 6.34. The summed E-state index contributed by atoms with van der Waals surface area (Å²) in [7, 11) is 0. The summed E-state index contributed by atoms with van der Waals surface area (Å²) in [4.78, 5) is 15.4. The standard InChI is InChI=1S/C32H31N3O2/c1-24-13-15-28(16-14-24)25(2)33-35-31(36)22-34(21-26-9-5-3-6-10-26)32(35)29-17-19-30(20-18-29)37-23-27-11-7-4-8-12-27/h3-20,32H,21-23H2,1-2H3/b33-25-/t32-/m1/s1. The summed E-state index contributed by atoms with van der Waals surface area (Å²) in [6, 6.07) is 36.6. The van der Waals surface area contributed by atoms with Crippen LogP contribution >= 0.6 is 0 Å². The van der Waals surface area contributed by atoms with E-state index in [9.17, 15) is 4.79 Å². The van der Waals surface area contributed by atoms with E-state index in [0.717, 1.165) is 33.7 Å². The zero-order valence-corrected chi connectivity index (χ0v) is 21.2. The van der Waals surface area contributed by atoms with Crippen molar-refractivity contribution in [2.24, 2.45) is 5.10 Å². The predicted molar refractivity (Wildman–Crippen MR) is 147 cm³/mol. The van der Waals surface area contributed by atoms with Gasteiger partial charge in [0.05, 0.1) is 12.3 Å². The lowest BCUT2D eigenvalue weighted by Crippen LogP contribution is -2.29. The number of hydrazone groups is 1. The average molecular weight is 490 g/mol. The van der Waals surface area contributed by atoms with E-state index in [1.54, 1.807) is 5.01 Å². The zero-order valence-electron chi connectivity index (χ0n) is 21.2. The molecule has 186 valence electrons. The number of nitrogens with zero attached hydrogens (tertiary/aromatic N) is 3. The molecular formula is C32H31N3O2. The van der Waals surface area contributed by atoms with Crippen molar-refractivity contribution in [3.63, 3.8) is 0 Å². The molecule has 1 heterocycles. The fourth-order valence-electron chi connectivity index (χ4n) is 4.54. The quantitative estimate of drug-likeness (QED) is 0.271. The number of hydrogen-bond donors (Lipinski definition) is 0. The van der Waals surface area contributed by atoms with Crippen LogP contribution in [0.2, 0.25) is 0 Å². The van der Waals surface area contributed by atoms with Crippen molar-refractivity contribution in [3.8, 4) is 5.75 Å². The lowest BCUT2D eigenvalue weighted by molar-refractivity contribution is -0.128. The Labute approximate surface area is 218 Å². The third kappa shape index (κ3) is 5.96. The molecule has 4 aromatic rings. The van der Waals surface area contributed by atoms with Crippen molar-refractivity contribution in [1.29, 1.82) is 0 Å². The van der Waals surface area contributed by atoms with Crippen molar-refractivity contribution in [2.45, 2.75) is 33.2 Å². The van der Waals surface area contributed by atoms with Crippen LogP contribution in [-0.2, 0) is 17.9 Å². The van der Waals surface area contributed by atoms with Crippen molar-refractivity contribution < 1.29 is 9.53 Å². The Morgan fingerprint density at radius 2 is 1.46 bits per heavy atom. The molecular weight excluding hydrogens is 458 g/mol. The summed E-state index contributed by atoms with van der Waals surface area (Å²) < 4.78 is 5.99. The summed E-state index contributed by atoms with van der Waals surface area (Å²) in [6.07, 6.45) is -0.309. The van der Waals surface area contributed by atoms with Crippen LogP contribution in [0.25, 0.3) is 0 Å². The van der Waals surface area contributed by atoms with E-state index < -0.39 is 0 Å². The van der Waals surface area contributed by atoms with E-state index in [-0.39, 0.29) is 12.1 Å². The first-order valence-electron chi connectivity index (χ1n) is 12.6. The number of hydrogen-bond acceptors (Lipinski definition) is 4. The molecule has 0 saturated carbocycles. The van der Waals surface area contributed by atoms with E-state index in [1.165, 1.54) is 5.56 Å². The molecule has 0 aromatic heterocycles. The lowest BCUT2D eigenvalue weighted by Gasteiger charge is -2.28. The second-order valence-electron chi connectivity index (χ2n) is 9.40. The van der Waals surface area contributed by atoms with Gasteiger partial charge in [0.1, 0.15) is 18.5 Å². The van der Waals surface area contributed by atoms with Gasteiger partial charge in [-0.3, -0.25) is 9.69 Å². The number of amides is 1. The van der Waals surface area contributed by atoms with Gasteiger partial charge in [0.25, 0.3) is 5.91 Å². The minimum absolute atomic E-state index is 0.0169. The molecule has 0 aliphatic carbocycles. The van der Waals surface area contributed by atoms with Gasteiger partial charge in [0.15, 0.2) is 0 Å². The van der Waals surface area contributed by atoms with E-state index in [1.807, 2.05) is 91.9 Å². The van der Waals surface area contributed by atoms with Gasteiger partial charge >= 0.3 is 0 Å². The maximum absolute atomic E-state index is 13.3. The first kappa shape index (κ1) is 24.5. The summed E-state index contributed by atoms with van der Waals surface area (Å²) in [5, 5.41) is 6.47. The molecule has 5 heteroatoms. The van der Waals surface area contributed by atoms with E-state index in [4.69, 9.17) is 9.84 Å². The molecule has 1 aliphatic heterocycles. The molecule has 0 N–H and O–H groups in total. The van der Waals surface area contributed by atoms with Crippen molar-refractivity contribution in [3.05, 3.63) is 137 Å². The molecule has 0 spiro atoms. The Hall–Kier alpha value is -4.22. The zero-order chi connectivity index (χ0) is 25.6. The Bertz CT molecular complexity index is 1350. The van der Waals surface area contributed by atoms with Crippen LogP contribution in [0.15, 0.2) is 114 Å². The Morgan fingerprint density at radius 3 is 2.11 bits per heavy atom. The highest BCUT2D eigenvalue weighted by molar-refractivity contribution is 5.99. The highest BCUT2D eigenvalue weighted by atomic mass is 16.5.